The van der Waals surface area contributed by atoms with Crippen molar-refractivity contribution in [2.24, 2.45) is 7.05 Å². The molecule has 26 heavy (non-hydrogen) atoms. The molecule has 2 aromatic rings. The van der Waals surface area contributed by atoms with Crippen molar-refractivity contribution in [3.63, 3.8) is 0 Å². The van der Waals surface area contributed by atoms with Crippen LogP contribution in [0.3, 0.4) is 0 Å². The minimum Gasteiger partial charge on any atom is -0.465 e. The maximum Gasteiger partial charge on any atom is 0.237 e. The number of aryl methyl sites for hydroxylation is 3. The average Bonchev–Trinajstić information content (AvgIpc) is 3.14. The van der Waals surface area contributed by atoms with Crippen LogP contribution in [0.4, 0.5) is 0 Å². The van der Waals surface area contributed by atoms with Gasteiger partial charge in [-0.05, 0) is 32.0 Å². The van der Waals surface area contributed by atoms with Gasteiger partial charge in [-0.1, -0.05) is 0 Å². The first-order chi connectivity index (χ1) is 12.4. The van der Waals surface area contributed by atoms with Gasteiger partial charge in [-0.15, -0.1) is 0 Å². The molecule has 8 nitrogen and oxygen atoms in total. The lowest BCUT2D eigenvalue weighted by atomic mass is 10.1. The lowest BCUT2D eigenvalue weighted by Gasteiger charge is -2.34. The third kappa shape index (κ3) is 4.32. The van der Waals surface area contributed by atoms with Crippen molar-refractivity contribution in [1.29, 1.82) is 0 Å². The van der Waals surface area contributed by atoms with Crippen molar-refractivity contribution in [3.05, 3.63) is 41.1 Å². The SMILES string of the molecule is Cc1ccc(CN2CCNC(=O)C2CC(=O)NCc2cc(C)n(C)n2)o1. The normalized spacial score (nSPS) is 18.0. The molecule has 0 radical (unpaired) electrons. The van der Waals surface area contributed by atoms with Gasteiger partial charge in [0.2, 0.25) is 11.8 Å². The summed E-state index contributed by atoms with van der Waals surface area (Å²) in [7, 11) is 1.86. The summed E-state index contributed by atoms with van der Waals surface area (Å²) in [6, 6.07) is 5.23. The predicted molar refractivity (Wildman–Crippen MR) is 95.1 cm³/mol. The molecule has 1 aliphatic rings. The maximum absolute atomic E-state index is 12.3. The number of nitrogens with one attached hydrogen (secondary N) is 2. The summed E-state index contributed by atoms with van der Waals surface area (Å²) in [5, 5.41) is 10.0. The third-order valence-corrected chi connectivity index (χ3v) is 4.61. The summed E-state index contributed by atoms with van der Waals surface area (Å²) in [5.74, 6) is 1.34. The van der Waals surface area contributed by atoms with Gasteiger partial charge in [-0.25, -0.2) is 0 Å². The van der Waals surface area contributed by atoms with Crippen molar-refractivity contribution in [3.8, 4) is 0 Å². The highest BCUT2D eigenvalue weighted by atomic mass is 16.3. The highest BCUT2D eigenvalue weighted by Gasteiger charge is 2.32. The van der Waals surface area contributed by atoms with Crippen LogP contribution in [-0.2, 0) is 29.7 Å². The molecule has 3 heterocycles. The number of piperazine rings is 1. The van der Waals surface area contributed by atoms with Crippen LogP contribution in [0.1, 0.15) is 29.3 Å². The third-order valence-electron chi connectivity index (χ3n) is 4.61. The summed E-state index contributed by atoms with van der Waals surface area (Å²) in [6.07, 6.45) is 0.108. The van der Waals surface area contributed by atoms with Crippen LogP contribution in [0.25, 0.3) is 0 Å². The van der Waals surface area contributed by atoms with Gasteiger partial charge in [0.15, 0.2) is 0 Å². The van der Waals surface area contributed by atoms with E-state index in [0.717, 1.165) is 22.9 Å². The Hall–Kier alpha value is -2.61. The van der Waals surface area contributed by atoms with Crippen molar-refractivity contribution < 1.29 is 14.0 Å². The van der Waals surface area contributed by atoms with Gasteiger partial charge in [0.25, 0.3) is 0 Å². The smallest absolute Gasteiger partial charge is 0.237 e. The maximum atomic E-state index is 12.3. The van der Waals surface area contributed by atoms with Crippen molar-refractivity contribution >= 4 is 11.8 Å². The van der Waals surface area contributed by atoms with Crippen LogP contribution < -0.4 is 10.6 Å². The van der Waals surface area contributed by atoms with Gasteiger partial charge < -0.3 is 15.1 Å². The molecule has 0 saturated carbocycles. The quantitative estimate of drug-likeness (QED) is 0.790. The minimum atomic E-state index is -0.500. The van der Waals surface area contributed by atoms with Crippen LogP contribution in [0.5, 0.6) is 0 Å². The lowest BCUT2D eigenvalue weighted by Crippen LogP contribution is -2.56. The molecule has 1 unspecified atom stereocenters. The van der Waals surface area contributed by atoms with E-state index in [2.05, 4.69) is 15.7 Å². The van der Waals surface area contributed by atoms with Gasteiger partial charge in [-0.3, -0.25) is 19.2 Å². The van der Waals surface area contributed by atoms with Crippen LogP contribution in [-0.4, -0.2) is 45.6 Å². The number of furan rings is 1. The Morgan fingerprint density at radius 3 is 2.88 bits per heavy atom. The van der Waals surface area contributed by atoms with E-state index in [1.165, 1.54) is 0 Å². The molecule has 0 spiro atoms. The van der Waals surface area contributed by atoms with Gasteiger partial charge in [0.05, 0.1) is 31.2 Å². The summed E-state index contributed by atoms with van der Waals surface area (Å²) in [4.78, 5) is 26.6. The second-order valence-corrected chi connectivity index (χ2v) is 6.67. The number of amides is 2. The highest BCUT2D eigenvalue weighted by molar-refractivity contribution is 5.88. The largest absolute Gasteiger partial charge is 0.465 e. The minimum absolute atomic E-state index is 0.108. The van der Waals surface area contributed by atoms with Gasteiger partial charge in [-0.2, -0.15) is 5.10 Å². The summed E-state index contributed by atoms with van der Waals surface area (Å²) < 4.78 is 7.38. The molecule has 1 aliphatic heterocycles. The molecule has 140 valence electrons. The number of nitrogens with zero attached hydrogens (tertiary/aromatic N) is 3. The lowest BCUT2D eigenvalue weighted by molar-refractivity contribution is -0.134. The number of aromatic nitrogens is 2. The second kappa shape index (κ2) is 7.74. The first kappa shape index (κ1) is 18.2. The predicted octanol–water partition coefficient (Wildman–Crippen LogP) is 0.637. The Morgan fingerprint density at radius 2 is 2.23 bits per heavy atom. The Labute approximate surface area is 152 Å². The Bertz CT molecular complexity index is 775. The van der Waals surface area contributed by atoms with E-state index in [4.69, 9.17) is 4.42 Å². The van der Waals surface area contributed by atoms with Crippen molar-refractivity contribution in [1.82, 2.24) is 25.3 Å². The molecule has 1 saturated heterocycles. The zero-order valence-corrected chi connectivity index (χ0v) is 15.4. The molecule has 0 aliphatic carbocycles. The molecule has 1 fully saturated rings. The van der Waals surface area contributed by atoms with E-state index >= 15 is 0 Å². The molecule has 8 heteroatoms. The molecule has 0 aromatic carbocycles. The molecule has 1 atom stereocenters. The van der Waals surface area contributed by atoms with Gasteiger partial charge in [0, 0.05) is 25.8 Å². The molecular weight excluding hydrogens is 334 g/mol. The summed E-state index contributed by atoms with van der Waals surface area (Å²) in [6.45, 7) is 5.97. The number of carbonyl (C=O) groups is 2. The first-order valence-corrected chi connectivity index (χ1v) is 8.75. The monoisotopic (exact) mass is 359 g/mol. The van der Waals surface area contributed by atoms with E-state index in [1.54, 1.807) is 4.68 Å². The van der Waals surface area contributed by atoms with Crippen LogP contribution in [0, 0.1) is 13.8 Å². The number of carbonyl (C=O) groups excluding carboxylic acids is 2. The number of hydrogen-bond donors (Lipinski definition) is 2. The molecule has 2 N–H and O–H groups in total. The van der Waals surface area contributed by atoms with Gasteiger partial charge >= 0.3 is 0 Å². The van der Waals surface area contributed by atoms with Crippen molar-refractivity contribution in [2.45, 2.75) is 39.4 Å². The second-order valence-electron chi connectivity index (χ2n) is 6.67. The van der Waals surface area contributed by atoms with E-state index < -0.39 is 6.04 Å². The fourth-order valence-electron chi connectivity index (χ4n) is 3.10. The van der Waals surface area contributed by atoms with E-state index in [-0.39, 0.29) is 18.2 Å². The average molecular weight is 359 g/mol. The highest BCUT2D eigenvalue weighted by Crippen LogP contribution is 2.16. The van der Waals surface area contributed by atoms with Crippen LogP contribution in [0.2, 0.25) is 0 Å². The Balaban J connectivity index is 1.58. The standard InChI is InChI=1S/C18H25N5O3/c1-12-8-14(21-22(12)3)10-20-17(24)9-16-18(25)19-6-7-23(16)11-15-5-4-13(2)26-15/h4-5,8,16H,6-7,9-11H2,1-3H3,(H,19,25)(H,20,24). The molecule has 2 amide bonds. The van der Waals surface area contributed by atoms with Crippen LogP contribution >= 0.6 is 0 Å². The summed E-state index contributed by atoms with van der Waals surface area (Å²) in [5.41, 5.74) is 1.83. The fraction of sp³-hybridized carbons (Fsp3) is 0.500. The zero-order valence-electron chi connectivity index (χ0n) is 15.4. The first-order valence-electron chi connectivity index (χ1n) is 8.75. The van der Waals surface area contributed by atoms with E-state index in [1.807, 2.05) is 44.0 Å². The molecule has 3 rings (SSSR count). The molecule has 0 bridgehead atoms. The topological polar surface area (TPSA) is 92.4 Å². The zero-order chi connectivity index (χ0) is 18.7. The Morgan fingerprint density at radius 1 is 1.42 bits per heavy atom. The van der Waals surface area contributed by atoms with Gasteiger partial charge in [0.1, 0.15) is 11.5 Å². The number of rotatable bonds is 6. The van der Waals surface area contributed by atoms with E-state index in [9.17, 15) is 9.59 Å². The molecular formula is C18H25N5O3. The van der Waals surface area contributed by atoms with Crippen molar-refractivity contribution in [2.75, 3.05) is 13.1 Å². The number of hydrogen-bond acceptors (Lipinski definition) is 5. The Kier molecular flexibility index (Phi) is 5.41. The van der Waals surface area contributed by atoms with E-state index in [0.29, 0.717) is 26.2 Å². The molecule has 2 aromatic heterocycles. The summed E-state index contributed by atoms with van der Waals surface area (Å²) >= 11 is 0. The fourth-order valence-corrected chi connectivity index (χ4v) is 3.10. The van der Waals surface area contributed by atoms with Crippen LogP contribution in [0.15, 0.2) is 22.6 Å².